The second-order valence-electron chi connectivity index (χ2n) is 7.99. The van der Waals surface area contributed by atoms with Gasteiger partial charge in [-0.25, -0.2) is 4.98 Å². The highest BCUT2D eigenvalue weighted by Gasteiger charge is 2.42. The van der Waals surface area contributed by atoms with Crippen LogP contribution in [0.1, 0.15) is 76.9 Å². The van der Waals surface area contributed by atoms with Crippen LogP contribution in [-0.4, -0.2) is 11.0 Å². The first-order chi connectivity index (χ1) is 9.39. The number of thiazole rings is 1. The number of aromatic nitrogens is 1. The number of nitrogens with zero attached hydrogens (tertiary/aromatic N) is 1. The van der Waals surface area contributed by atoms with Gasteiger partial charge in [0.25, 0.3) is 0 Å². The number of nitrogens with one attached hydrogen (secondary N) is 1. The van der Waals surface area contributed by atoms with Gasteiger partial charge in [0.15, 0.2) is 0 Å². The molecule has 0 saturated heterocycles. The van der Waals surface area contributed by atoms with E-state index in [0.29, 0.717) is 0 Å². The normalized spacial score (nSPS) is 31.5. The van der Waals surface area contributed by atoms with Crippen LogP contribution in [0.2, 0.25) is 0 Å². The molecule has 20 heavy (non-hydrogen) atoms. The van der Waals surface area contributed by atoms with Gasteiger partial charge in [-0.2, -0.15) is 0 Å². The van der Waals surface area contributed by atoms with E-state index in [1.54, 1.807) is 0 Å². The van der Waals surface area contributed by atoms with Gasteiger partial charge in [0.1, 0.15) is 5.01 Å². The molecule has 0 amide bonds. The van der Waals surface area contributed by atoms with E-state index in [4.69, 9.17) is 4.98 Å². The molecule has 0 aromatic carbocycles. The summed E-state index contributed by atoms with van der Waals surface area (Å²) in [6, 6.07) is 0.752. The van der Waals surface area contributed by atoms with Crippen molar-refractivity contribution in [3.8, 4) is 0 Å². The van der Waals surface area contributed by atoms with Crippen LogP contribution in [0.25, 0.3) is 0 Å². The molecular weight excluding hydrogens is 264 g/mol. The summed E-state index contributed by atoms with van der Waals surface area (Å²) < 4.78 is 0. The van der Waals surface area contributed by atoms with E-state index in [9.17, 15) is 0 Å². The van der Waals surface area contributed by atoms with Crippen molar-refractivity contribution in [1.82, 2.24) is 10.3 Å². The maximum atomic E-state index is 5.05. The summed E-state index contributed by atoms with van der Waals surface area (Å²) in [5, 5.41) is 7.60. The van der Waals surface area contributed by atoms with Crippen LogP contribution in [0.3, 0.4) is 0 Å². The number of hydrogen-bond acceptors (Lipinski definition) is 3. The predicted octanol–water partition coefficient (Wildman–Crippen LogP) is 4.60. The molecule has 2 saturated carbocycles. The highest BCUT2D eigenvalue weighted by atomic mass is 32.1. The molecule has 3 heteroatoms. The molecule has 1 heterocycles. The average Bonchev–Trinajstić information content (AvgIpc) is 3.00. The first kappa shape index (κ1) is 14.5. The van der Waals surface area contributed by atoms with Gasteiger partial charge in [-0.15, -0.1) is 11.3 Å². The second kappa shape index (κ2) is 5.10. The number of hydrogen-bond donors (Lipinski definition) is 1. The lowest BCUT2D eigenvalue weighted by Gasteiger charge is -2.39. The van der Waals surface area contributed by atoms with Gasteiger partial charge in [-0.1, -0.05) is 40.5 Å². The van der Waals surface area contributed by atoms with Crippen molar-refractivity contribution >= 4 is 11.3 Å². The molecule has 2 aliphatic carbocycles. The monoisotopic (exact) mass is 292 g/mol. The van der Waals surface area contributed by atoms with Gasteiger partial charge in [-0.3, -0.25) is 0 Å². The van der Waals surface area contributed by atoms with Crippen LogP contribution < -0.4 is 5.32 Å². The summed E-state index contributed by atoms with van der Waals surface area (Å²) in [5.41, 5.74) is 1.59. The zero-order valence-corrected chi connectivity index (χ0v) is 14.1. The minimum atomic E-state index is 0.163. The van der Waals surface area contributed by atoms with Crippen molar-refractivity contribution in [2.24, 2.45) is 5.92 Å². The van der Waals surface area contributed by atoms with E-state index in [-0.39, 0.29) is 11.0 Å². The van der Waals surface area contributed by atoms with Gasteiger partial charge in [-0.05, 0) is 31.6 Å². The Hall–Kier alpha value is -0.410. The van der Waals surface area contributed by atoms with Crippen LogP contribution in [0.4, 0.5) is 0 Å². The Balaban J connectivity index is 1.90. The molecule has 3 rings (SSSR count). The van der Waals surface area contributed by atoms with E-state index < -0.39 is 0 Å². The Morgan fingerprint density at radius 2 is 2.05 bits per heavy atom. The van der Waals surface area contributed by atoms with Gasteiger partial charge >= 0.3 is 0 Å². The van der Waals surface area contributed by atoms with Crippen molar-refractivity contribution in [3.05, 3.63) is 16.1 Å². The van der Waals surface area contributed by atoms with E-state index in [0.717, 1.165) is 12.0 Å². The maximum absolute atomic E-state index is 5.05. The Kier molecular flexibility index (Phi) is 3.70. The average molecular weight is 292 g/mol. The molecule has 0 radical (unpaired) electrons. The minimum absolute atomic E-state index is 0.163. The summed E-state index contributed by atoms with van der Waals surface area (Å²) in [6.45, 7) is 9.18. The highest BCUT2D eigenvalue weighted by molar-refractivity contribution is 7.09. The molecule has 2 fully saturated rings. The SMILES string of the molecule is CC1CCCC(NC2CC2)(c2nc(C(C)(C)C)cs2)C1. The lowest BCUT2D eigenvalue weighted by molar-refractivity contribution is 0.184. The van der Waals surface area contributed by atoms with Gasteiger partial charge in [0.2, 0.25) is 0 Å². The minimum Gasteiger partial charge on any atom is -0.303 e. The fraction of sp³-hybridized carbons (Fsp3) is 0.824. The molecule has 2 atom stereocenters. The van der Waals surface area contributed by atoms with E-state index >= 15 is 0 Å². The van der Waals surface area contributed by atoms with E-state index in [2.05, 4.69) is 38.4 Å². The molecule has 2 nitrogen and oxygen atoms in total. The summed E-state index contributed by atoms with van der Waals surface area (Å²) >= 11 is 1.88. The molecule has 0 aliphatic heterocycles. The van der Waals surface area contributed by atoms with Crippen LogP contribution in [0.15, 0.2) is 5.38 Å². The second-order valence-corrected chi connectivity index (χ2v) is 8.85. The molecule has 2 unspecified atom stereocenters. The first-order valence-electron chi connectivity index (χ1n) is 8.13. The van der Waals surface area contributed by atoms with Crippen molar-refractivity contribution < 1.29 is 0 Å². The zero-order valence-electron chi connectivity index (χ0n) is 13.3. The van der Waals surface area contributed by atoms with Crippen molar-refractivity contribution in [3.63, 3.8) is 0 Å². The smallest absolute Gasteiger partial charge is 0.113 e. The quantitative estimate of drug-likeness (QED) is 0.881. The zero-order chi connectivity index (χ0) is 14.4. The third kappa shape index (κ3) is 2.94. The standard InChI is InChI=1S/C17H28N2S/c1-12-6-5-9-17(10-12,19-13-7-8-13)15-18-14(11-20-15)16(2,3)4/h11-13,19H,5-10H2,1-4H3. The summed E-state index contributed by atoms with van der Waals surface area (Å²) in [6.07, 6.45) is 7.96. The fourth-order valence-corrected chi connectivity index (χ4v) is 4.65. The predicted molar refractivity (Wildman–Crippen MR) is 86.3 cm³/mol. The van der Waals surface area contributed by atoms with Crippen LogP contribution in [0, 0.1) is 5.92 Å². The van der Waals surface area contributed by atoms with Gasteiger partial charge in [0.05, 0.1) is 11.2 Å². The largest absolute Gasteiger partial charge is 0.303 e. The summed E-state index contributed by atoms with van der Waals surface area (Å²) in [7, 11) is 0. The Morgan fingerprint density at radius 3 is 2.60 bits per heavy atom. The fourth-order valence-electron chi connectivity index (χ4n) is 3.39. The van der Waals surface area contributed by atoms with Crippen LogP contribution >= 0.6 is 11.3 Å². The molecular formula is C17H28N2S. The van der Waals surface area contributed by atoms with Gasteiger partial charge < -0.3 is 5.32 Å². The third-order valence-electron chi connectivity index (χ3n) is 4.74. The van der Waals surface area contributed by atoms with Crippen LogP contribution in [-0.2, 0) is 11.0 Å². The molecule has 1 aromatic heterocycles. The first-order valence-corrected chi connectivity index (χ1v) is 9.01. The topological polar surface area (TPSA) is 24.9 Å². The van der Waals surface area contributed by atoms with Crippen molar-refractivity contribution in [2.45, 2.75) is 83.2 Å². The molecule has 1 N–H and O–H groups in total. The summed E-state index contributed by atoms with van der Waals surface area (Å²) in [4.78, 5) is 5.05. The van der Waals surface area contributed by atoms with E-state index in [1.807, 2.05) is 11.3 Å². The Bertz CT molecular complexity index is 466. The van der Waals surface area contributed by atoms with Gasteiger partial charge in [0, 0.05) is 16.8 Å². The van der Waals surface area contributed by atoms with Crippen LogP contribution in [0.5, 0.6) is 0 Å². The molecule has 1 aromatic rings. The third-order valence-corrected chi connectivity index (χ3v) is 5.78. The Morgan fingerprint density at radius 1 is 1.30 bits per heavy atom. The van der Waals surface area contributed by atoms with E-state index in [1.165, 1.54) is 49.2 Å². The van der Waals surface area contributed by atoms with Crippen molar-refractivity contribution in [1.29, 1.82) is 0 Å². The number of rotatable bonds is 3. The maximum Gasteiger partial charge on any atom is 0.113 e. The molecule has 112 valence electrons. The molecule has 0 bridgehead atoms. The highest BCUT2D eigenvalue weighted by Crippen LogP contribution is 2.44. The summed E-state index contributed by atoms with van der Waals surface area (Å²) in [5.74, 6) is 0.817. The molecule has 0 spiro atoms. The van der Waals surface area contributed by atoms with Crippen molar-refractivity contribution in [2.75, 3.05) is 0 Å². The molecule has 2 aliphatic rings. The lowest BCUT2D eigenvalue weighted by atomic mass is 9.76. The Labute approximate surface area is 127 Å². The lowest BCUT2D eigenvalue weighted by Crippen LogP contribution is -2.47.